The van der Waals surface area contributed by atoms with Gasteiger partial charge in [-0.05, 0) is 24.1 Å². The van der Waals surface area contributed by atoms with Gasteiger partial charge in [-0.3, -0.25) is 4.79 Å². The summed E-state index contributed by atoms with van der Waals surface area (Å²) in [6, 6.07) is 4.32. The molecule has 1 rings (SSSR count). The maximum Gasteiger partial charge on any atom is 0.328 e. The number of esters is 1. The van der Waals surface area contributed by atoms with E-state index in [0.29, 0.717) is 22.0 Å². The number of rotatable bonds is 6. The standard InChI is InChI=1S/C14H17Cl2NO3/c1-3-4-12(14(19)20-2)17-13(18)7-9-5-6-10(15)8-11(9)16/h5-6,8,12H,3-4,7H2,1-2H3,(H,17,18). The first-order valence-corrected chi connectivity index (χ1v) is 7.04. The average Bonchev–Trinajstić information content (AvgIpc) is 2.40. The van der Waals surface area contributed by atoms with Crippen molar-refractivity contribution in [1.82, 2.24) is 5.32 Å². The third-order valence-corrected chi connectivity index (χ3v) is 3.35. The minimum atomic E-state index is -0.622. The van der Waals surface area contributed by atoms with Crippen LogP contribution < -0.4 is 5.32 Å². The highest BCUT2D eigenvalue weighted by atomic mass is 35.5. The lowest BCUT2D eigenvalue weighted by molar-refractivity contribution is -0.145. The molecule has 0 heterocycles. The second-order valence-electron chi connectivity index (χ2n) is 4.34. The number of amides is 1. The molecule has 0 spiro atoms. The molecule has 0 saturated heterocycles. The third kappa shape index (κ3) is 5.02. The van der Waals surface area contributed by atoms with Crippen molar-refractivity contribution in [2.75, 3.05) is 7.11 Å². The number of carbonyl (C=O) groups excluding carboxylic acids is 2. The summed E-state index contributed by atoms with van der Waals surface area (Å²) in [7, 11) is 1.30. The van der Waals surface area contributed by atoms with E-state index in [2.05, 4.69) is 10.1 Å². The summed E-state index contributed by atoms with van der Waals surface area (Å²) in [5.74, 6) is -0.722. The van der Waals surface area contributed by atoms with Gasteiger partial charge in [0.25, 0.3) is 0 Å². The monoisotopic (exact) mass is 317 g/mol. The summed E-state index contributed by atoms with van der Waals surface area (Å²) in [5.41, 5.74) is 0.661. The molecule has 1 atom stereocenters. The van der Waals surface area contributed by atoms with Crippen molar-refractivity contribution in [2.24, 2.45) is 0 Å². The Hall–Kier alpha value is -1.26. The fourth-order valence-corrected chi connectivity index (χ4v) is 2.24. The Morgan fingerprint density at radius 1 is 1.35 bits per heavy atom. The molecule has 1 amide bonds. The number of nitrogens with one attached hydrogen (secondary N) is 1. The van der Waals surface area contributed by atoms with Gasteiger partial charge in [0.15, 0.2) is 0 Å². The first kappa shape index (κ1) is 16.8. The molecule has 20 heavy (non-hydrogen) atoms. The molecule has 1 unspecified atom stereocenters. The molecule has 1 N–H and O–H groups in total. The molecule has 0 aromatic heterocycles. The van der Waals surface area contributed by atoms with E-state index in [0.717, 1.165) is 6.42 Å². The maximum atomic E-state index is 11.9. The normalized spacial score (nSPS) is 11.8. The smallest absolute Gasteiger partial charge is 0.328 e. The van der Waals surface area contributed by atoms with Crippen molar-refractivity contribution in [3.8, 4) is 0 Å². The molecule has 0 aliphatic rings. The molecule has 110 valence electrons. The molecule has 0 bridgehead atoms. The van der Waals surface area contributed by atoms with Crippen molar-refractivity contribution in [3.63, 3.8) is 0 Å². The topological polar surface area (TPSA) is 55.4 Å². The Labute approximate surface area is 128 Å². The highest BCUT2D eigenvalue weighted by molar-refractivity contribution is 6.35. The zero-order valence-electron chi connectivity index (χ0n) is 11.4. The van der Waals surface area contributed by atoms with Crippen LogP contribution in [-0.4, -0.2) is 25.0 Å². The van der Waals surface area contributed by atoms with Gasteiger partial charge < -0.3 is 10.1 Å². The van der Waals surface area contributed by atoms with Crippen molar-refractivity contribution in [2.45, 2.75) is 32.2 Å². The average molecular weight is 318 g/mol. The first-order chi connectivity index (χ1) is 9.47. The van der Waals surface area contributed by atoms with Crippen LogP contribution in [-0.2, 0) is 20.7 Å². The number of methoxy groups -OCH3 is 1. The van der Waals surface area contributed by atoms with E-state index in [9.17, 15) is 9.59 Å². The van der Waals surface area contributed by atoms with Gasteiger partial charge in [-0.15, -0.1) is 0 Å². The predicted molar refractivity (Wildman–Crippen MR) is 79.0 cm³/mol. The van der Waals surface area contributed by atoms with E-state index in [1.54, 1.807) is 18.2 Å². The van der Waals surface area contributed by atoms with Gasteiger partial charge in [0.05, 0.1) is 13.5 Å². The Balaban J connectivity index is 2.67. The van der Waals surface area contributed by atoms with E-state index >= 15 is 0 Å². The quantitative estimate of drug-likeness (QED) is 0.820. The van der Waals surface area contributed by atoms with Crippen LogP contribution in [0.3, 0.4) is 0 Å². The molecule has 1 aromatic rings. The zero-order chi connectivity index (χ0) is 15.1. The lowest BCUT2D eigenvalue weighted by Crippen LogP contribution is -2.42. The summed E-state index contributed by atoms with van der Waals surface area (Å²) in [6.45, 7) is 1.93. The molecule has 6 heteroatoms. The van der Waals surface area contributed by atoms with E-state index in [1.807, 2.05) is 6.92 Å². The number of carbonyl (C=O) groups is 2. The van der Waals surface area contributed by atoms with Crippen LogP contribution in [0.15, 0.2) is 18.2 Å². The van der Waals surface area contributed by atoms with Crippen molar-refractivity contribution in [3.05, 3.63) is 33.8 Å². The predicted octanol–water partition coefficient (Wildman–Crippen LogP) is 2.99. The van der Waals surface area contributed by atoms with Gasteiger partial charge in [-0.2, -0.15) is 0 Å². The molecule has 0 saturated carbocycles. The Bertz CT molecular complexity index is 491. The summed E-state index contributed by atoms with van der Waals surface area (Å²) >= 11 is 11.8. The molecular formula is C14H17Cl2NO3. The fraction of sp³-hybridized carbons (Fsp3) is 0.429. The van der Waals surface area contributed by atoms with Crippen LogP contribution in [0.2, 0.25) is 10.0 Å². The lowest BCUT2D eigenvalue weighted by atomic mass is 10.1. The van der Waals surface area contributed by atoms with Crippen molar-refractivity contribution >= 4 is 35.1 Å². The molecule has 0 fully saturated rings. The first-order valence-electron chi connectivity index (χ1n) is 6.29. The number of halogens is 2. The fourth-order valence-electron chi connectivity index (χ4n) is 1.76. The van der Waals surface area contributed by atoms with Gasteiger partial charge in [0.1, 0.15) is 6.04 Å². The number of ether oxygens (including phenoxy) is 1. The van der Waals surface area contributed by atoms with Gasteiger partial charge in [0, 0.05) is 10.0 Å². The van der Waals surface area contributed by atoms with Gasteiger partial charge in [0.2, 0.25) is 5.91 Å². The number of benzene rings is 1. The Morgan fingerprint density at radius 3 is 2.60 bits per heavy atom. The highest BCUT2D eigenvalue weighted by Crippen LogP contribution is 2.21. The van der Waals surface area contributed by atoms with E-state index in [-0.39, 0.29) is 12.3 Å². The van der Waals surface area contributed by atoms with Crippen molar-refractivity contribution in [1.29, 1.82) is 0 Å². The Morgan fingerprint density at radius 2 is 2.05 bits per heavy atom. The van der Waals surface area contributed by atoms with E-state index < -0.39 is 12.0 Å². The molecule has 0 aliphatic heterocycles. The number of hydrogen-bond acceptors (Lipinski definition) is 3. The largest absolute Gasteiger partial charge is 0.467 e. The molecular weight excluding hydrogens is 301 g/mol. The highest BCUT2D eigenvalue weighted by Gasteiger charge is 2.20. The molecule has 1 aromatic carbocycles. The summed E-state index contributed by atoms with van der Waals surface area (Å²) in [5, 5.41) is 3.59. The van der Waals surface area contributed by atoms with Crippen LogP contribution in [0.4, 0.5) is 0 Å². The summed E-state index contributed by atoms with van der Waals surface area (Å²) < 4.78 is 4.66. The molecule has 0 radical (unpaired) electrons. The van der Waals surface area contributed by atoms with Gasteiger partial charge in [-0.25, -0.2) is 4.79 Å². The molecule has 0 aliphatic carbocycles. The summed E-state index contributed by atoms with van der Waals surface area (Å²) in [4.78, 5) is 23.5. The zero-order valence-corrected chi connectivity index (χ0v) is 12.9. The van der Waals surface area contributed by atoms with E-state index in [1.165, 1.54) is 7.11 Å². The number of hydrogen-bond donors (Lipinski definition) is 1. The van der Waals surface area contributed by atoms with Gasteiger partial charge in [-0.1, -0.05) is 42.6 Å². The van der Waals surface area contributed by atoms with Crippen LogP contribution in [0, 0.1) is 0 Å². The molecule has 4 nitrogen and oxygen atoms in total. The van der Waals surface area contributed by atoms with E-state index in [4.69, 9.17) is 23.2 Å². The van der Waals surface area contributed by atoms with Crippen LogP contribution in [0.5, 0.6) is 0 Å². The SMILES string of the molecule is CCCC(NC(=O)Cc1ccc(Cl)cc1Cl)C(=O)OC. The van der Waals surface area contributed by atoms with Gasteiger partial charge >= 0.3 is 5.97 Å². The maximum absolute atomic E-state index is 11.9. The second kappa shape index (κ2) is 8.12. The minimum Gasteiger partial charge on any atom is -0.467 e. The third-order valence-electron chi connectivity index (χ3n) is 2.76. The minimum absolute atomic E-state index is 0.0905. The van der Waals surface area contributed by atoms with Crippen LogP contribution in [0.1, 0.15) is 25.3 Å². The van der Waals surface area contributed by atoms with Crippen LogP contribution >= 0.6 is 23.2 Å². The summed E-state index contributed by atoms with van der Waals surface area (Å²) in [6.07, 6.45) is 1.39. The van der Waals surface area contributed by atoms with Crippen LogP contribution in [0.25, 0.3) is 0 Å². The lowest BCUT2D eigenvalue weighted by Gasteiger charge is -2.15. The van der Waals surface area contributed by atoms with Crippen molar-refractivity contribution < 1.29 is 14.3 Å². The Kier molecular flexibility index (Phi) is 6.82. The second-order valence-corrected chi connectivity index (χ2v) is 5.19.